The summed E-state index contributed by atoms with van der Waals surface area (Å²) in [7, 11) is -3.21. The van der Waals surface area contributed by atoms with E-state index in [1.54, 1.807) is 0 Å². The molecule has 0 amide bonds. The SMILES string of the molecule is Cc1nc([C@@H]2CCCN(S(C)(=O)=O)C2)nc2c1CCCN2Cc1ccc(F)cc1. The molecule has 3 heterocycles. The molecule has 0 unspecified atom stereocenters. The third kappa shape index (κ3) is 4.43. The molecule has 0 saturated carbocycles. The summed E-state index contributed by atoms with van der Waals surface area (Å²) in [5, 5.41) is 0. The van der Waals surface area contributed by atoms with Gasteiger partial charge in [0.2, 0.25) is 10.0 Å². The Kier molecular flexibility index (Phi) is 5.57. The number of hydrogen-bond acceptors (Lipinski definition) is 5. The number of anilines is 1. The van der Waals surface area contributed by atoms with Crippen LogP contribution in [0.2, 0.25) is 0 Å². The summed E-state index contributed by atoms with van der Waals surface area (Å²) in [6, 6.07) is 6.59. The van der Waals surface area contributed by atoms with Crippen molar-refractivity contribution in [3.63, 3.8) is 0 Å². The van der Waals surface area contributed by atoms with Gasteiger partial charge >= 0.3 is 0 Å². The lowest BCUT2D eigenvalue weighted by Crippen LogP contribution is -2.39. The monoisotopic (exact) mass is 418 g/mol. The van der Waals surface area contributed by atoms with Crippen molar-refractivity contribution in [1.82, 2.24) is 14.3 Å². The summed E-state index contributed by atoms with van der Waals surface area (Å²) in [6.07, 6.45) is 4.95. The number of nitrogens with zero attached hydrogens (tertiary/aromatic N) is 4. The Morgan fingerprint density at radius 2 is 1.90 bits per heavy atom. The van der Waals surface area contributed by atoms with E-state index in [1.165, 1.54) is 22.7 Å². The minimum Gasteiger partial charge on any atom is -0.352 e. The van der Waals surface area contributed by atoms with Crippen molar-refractivity contribution in [3.05, 3.63) is 52.7 Å². The zero-order valence-corrected chi connectivity index (χ0v) is 17.8. The molecule has 6 nitrogen and oxygen atoms in total. The molecule has 8 heteroatoms. The number of aromatic nitrogens is 2. The molecule has 2 aromatic rings. The van der Waals surface area contributed by atoms with Crippen LogP contribution in [0.5, 0.6) is 0 Å². The van der Waals surface area contributed by atoms with E-state index < -0.39 is 10.0 Å². The highest BCUT2D eigenvalue weighted by molar-refractivity contribution is 7.88. The number of benzene rings is 1. The van der Waals surface area contributed by atoms with Crippen LogP contribution in [0.1, 0.15) is 47.8 Å². The molecule has 0 N–H and O–H groups in total. The van der Waals surface area contributed by atoms with Gasteiger partial charge in [-0.15, -0.1) is 0 Å². The molecule has 1 fully saturated rings. The molecule has 1 atom stereocenters. The Morgan fingerprint density at radius 3 is 2.62 bits per heavy atom. The molecule has 0 radical (unpaired) electrons. The van der Waals surface area contributed by atoms with Crippen LogP contribution >= 0.6 is 0 Å². The molecular weight excluding hydrogens is 391 g/mol. The summed E-state index contributed by atoms with van der Waals surface area (Å²) in [4.78, 5) is 11.9. The molecule has 0 bridgehead atoms. The Bertz CT molecular complexity index is 994. The number of aryl methyl sites for hydroxylation is 1. The average molecular weight is 419 g/mol. The third-order valence-electron chi connectivity index (χ3n) is 5.87. The van der Waals surface area contributed by atoms with Crippen molar-refractivity contribution in [2.24, 2.45) is 0 Å². The Hall–Kier alpha value is -2.06. The zero-order chi connectivity index (χ0) is 20.6. The molecule has 2 aliphatic rings. The molecule has 2 aliphatic heterocycles. The van der Waals surface area contributed by atoms with Crippen molar-refractivity contribution in [1.29, 1.82) is 0 Å². The highest BCUT2D eigenvalue weighted by Gasteiger charge is 2.30. The molecule has 1 aromatic carbocycles. The first-order chi connectivity index (χ1) is 13.8. The summed E-state index contributed by atoms with van der Waals surface area (Å²) >= 11 is 0. The molecule has 4 rings (SSSR count). The standard InChI is InChI=1S/C21H27FN4O2S/c1-15-19-6-4-11-25(13-16-7-9-18(22)10-8-16)21(19)24-20(23-15)17-5-3-12-26(14-17)29(2,27)28/h7-10,17H,3-6,11-14H2,1-2H3/t17-/m1/s1. The second kappa shape index (κ2) is 7.99. The van der Waals surface area contributed by atoms with Gasteiger partial charge in [-0.3, -0.25) is 0 Å². The van der Waals surface area contributed by atoms with E-state index in [1.807, 2.05) is 19.1 Å². The minimum absolute atomic E-state index is 0.0112. The van der Waals surface area contributed by atoms with Crippen molar-refractivity contribution >= 4 is 15.8 Å². The smallest absolute Gasteiger partial charge is 0.211 e. The maximum absolute atomic E-state index is 13.3. The fourth-order valence-electron chi connectivity index (χ4n) is 4.31. The van der Waals surface area contributed by atoms with Crippen LogP contribution in [0.15, 0.2) is 24.3 Å². The number of hydrogen-bond donors (Lipinski definition) is 0. The molecular formula is C21H27FN4O2S. The van der Waals surface area contributed by atoms with Crippen molar-refractivity contribution in [3.8, 4) is 0 Å². The number of sulfonamides is 1. The predicted molar refractivity (Wildman–Crippen MR) is 111 cm³/mol. The van der Waals surface area contributed by atoms with Gasteiger partial charge in [0, 0.05) is 43.4 Å². The molecule has 156 valence electrons. The fourth-order valence-corrected chi connectivity index (χ4v) is 5.22. The molecule has 1 saturated heterocycles. The average Bonchev–Trinajstić information content (AvgIpc) is 2.70. The summed E-state index contributed by atoms with van der Waals surface area (Å²) < 4.78 is 38.8. The second-order valence-electron chi connectivity index (χ2n) is 8.08. The van der Waals surface area contributed by atoms with Crippen molar-refractivity contribution < 1.29 is 12.8 Å². The summed E-state index contributed by atoms with van der Waals surface area (Å²) in [6.45, 7) is 4.58. The van der Waals surface area contributed by atoms with Gasteiger partial charge in [-0.25, -0.2) is 27.1 Å². The second-order valence-corrected chi connectivity index (χ2v) is 10.1. The minimum atomic E-state index is -3.21. The normalized spacial score (nSPS) is 20.5. The summed E-state index contributed by atoms with van der Waals surface area (Å²) in [5.74, 6) is 1.46. The Labute approximate surface area is 171 Å². The molecule has 29 heavy (non-hydrogen) atoms. The van der Waals surface area contributed by atoms with Crippen LogP contribution in [0, 0.1) is 12.7 Å². The maximum Gasteiger partial charge on any atom is 0.211 e. The van der Waals surface area contributed by atoms with Crippen LogP contribution in [-0.2, 0) is 23.0 Å². The van der Waals surface area contributed by atoms with Crippen LogP contribution in [-0.4, -0.2) is 48.6 Å². The van der Waals surface area contributed by atoms with E-state index in [0.717, 1.165) is 60.7 Å². The Morgan fingerprint density at radius 1 is 1.14 bits per heavy atom. The van der Waals surface area contributed by atoms with Gasteiger partial charge in [-0.2, -0.15) is 0 Å². The van der Waals surface area contributed by atoms with E-state index in [9.17, 15) is 12.8 Å². The van der Waals surface area contributed by atoms with Gasteiger partial charge in [0.15, 0.2) is 0 Å². The predicted octanol–water partition coefficient (Wildman–Crippen LogP) is 3.02. The van der Waals surface area contributed by atoms with Crippen LogP contribution in [0.25, 0.3) is 0 Å². The Balaban J connectivity index is 1.63. The third-order valence-corrected chi connectivity index (χ3v) is 7.14. The van der Waals surface area contributed by atoms with Gasteiger partial charge in [-0.1, -0.05) is 12.1 Å². The fraction of sp³-hybridized carbons (Fsp3) is 0.524. The van der Waals surface area contributed by atoms with Gasteiger partial charge in [0.1, 0.15) is 17.5 Å². The van der Waals surface area contributed by atoms with Crippen LogP contribution < -0.4 is 4.90 Å². The quantitative estimate of drug-likeness (QED) is 0.764. The first-order valence-corrected chi connectivity index (χ1v) is 12.0. The maximum atomic E-state index is 13.3. The lowest BCUT2D eigenvalue weighted by molar-refractivity contribution is 0.310. The van der Waals surface area contributed by atoms with E-state index in [4.69, 9.17) is 9.97 Å². The van der Waals surface area contributed by atoms with Gasteiger partial charge in [0.05, 0.1) is 6.26 Å². The van der Waals surface area contributed by atoms with E-state index in [0.29, 0.717) is 19.6 Å². The van der Waals surface area contributed by atoms with Crippen LogP contribution in [0.3, 0.4) is 0 Å². The number of halogens is 1. The van der Waals surface area contributed by atoms with Gasteiger partial charge < -0.3 is 4.90 Å². The number of rotatable bonds is 4. The number of fused-ring (bicyclic) bond motifs is 1. The molecule has 0 spiro atoms. The highest BCUT2D eigenvalue weighted by atomic mass is 32.2. The van der Waals surface area contributed by atoms with E-state index in [-0.39, 0.29) is 11.7 Å². The highest BCUT2D eigenvalue weighted by Crippen LogP contribution is 2.32. The lowest BCUT2D eigenvalue weighted by Gasteiger charge is -2.34. The van der Waals surface area contributed by atoms with Crippen molar-refractivity contribution in [2.45, 2.75) is 45.1 Å². The molecule has 0 aliphatic carbocycles. The van der Waals surface area contributed by atoms with Gasteiger partial charge in [0.25, 0.3) is 0 Å². The largest absolute Gasteiger partial charge is 0.352 e. The van der Waals surface area contributed by atoms with Crippen molar-refractivity contribution in [2.75, 3.05) is 30.8 Å². The van der Waals surface area contributed by atoms with E-state index in [2.05, 4.69) is 4.90 Å². The van der Waals surface area contributed by atoms with Gasteiger partial charge in [-0.05, 0) is 50.3 Å². The zero-order valence-electron chi connectivity index (χ0n) is 16.9. The summed E-state index contributed by atoms with van der Waals surface area (Å²) in [5.41, 5.74) is 3.18. The topological polar surface area (TPSA) is 66.4 Å². The lowest BCUT2D eigenvalue weighted by atomic mass is 9.97. The molecule has 1 aromatic heterocycles. The number of piperidine rings is 1. The van der Waals surface area contributed by atoms with E-state index >= 15 is 0 Å². The van der Waals surface area contributed by atoms with Crippen LogP contribution in [0.4, 0.5) is 10.2 Å². The first kappa shape index (κ1) is 20.2. The first-order valence-electron chi connectivity index (χ1n) is 10.1.